The number of aromatic nitrogens is 5. The van der Waals surface area contributed by atoms with Crippen molar-refractivity contribution in [3.8, 4) is 11.4 Å². The van der Waals surface area contributed by atoms with Crippen LogP contribution in [-0.4, -0.2) is 30.8 Å². The Kier molecular flexibility index (Phi) is 4.85. The van der Waals surface area contributed by atoms with Crippen LogP contribution in [0.15, 0.2) is 35.1 Å². The quantitative estimate of drug-likeness (QED) is 0.514. The van der Waals surface area contributed by atoms with Crippen LogP contribution in [0.25, 0.3) is 11.4 Å². The van der Waals surface area contributed by atoms with Crippen molar-refractivity contribution in [2.75, 3.05) is 5.32 Å². The Morgan fingerprint density at radius 2 is 2.18 bits per heavy atom. The number of nitrogens with two attached hydrogens (primary N) is 1. The van der Waals surface area contributed by atoms with Gasteiger partial charge in [-0.3, -0.25) is 4.79 Å². The van der Waals surface area contributed by atoms with Crippen molar-refractivity contribution < 1.29 is 4.79 Å². The fraction of sp³-hybridized carbons (Fsp3) is 0.278. The molecule has 0 atom stereocenters. The van der Waals surface area contributed by atoms with Gasteiger partial charge in [-0.1, -0.05) is 12.1 Å². The molecule has 28 heavy (non-hydrogen) atoms. The second-order valence-electron chi connectivity index (χ2n) is 6.47. The number of aromatic amines is 1. The summed E-state index contributed by atoms with van der Waals surface area (Å²) in [7, 11) is 0. The summed E-state index contributed by atoms with van der Waals surface area (Å²) in [5, 5.41) is 13.9. The fourth-order valence-corrected chi connectivity index (χ4v) is 3.19. The normalized spacial score (nSPS) is 12.6. The molecule has 10 nitrogen and oxygen atoms in total. The number of carbonyl (C=O) groups is 1. The Labute approximate surface area is 160 Å². The Morgan fingerprint density at radius 3 is 3.04 bits per heavy atom. The summed E-state index contributed by atoms with van der Waals surface area (Å²) < 4.78 is 2.10. The molecule has 1 aliphatic rings. The molecule has 0 unspecified atom stereocenters. The van der Waals surface area contributed by atoms with Gasteiger partial charge in [0.15, 0.2) is 5.82 Å². The van der Waals surface area contributed by atoms with Crippen LogP contribution in [0, 0.1) is 0 Å². The maximum atomic E-state index is 12.2. The first kappa shape index (κ1) is 17.9. The van der Waals surface area contributed by atoms with Crippen molar-refractivity contribution in [2.45, 2.75) is 32.5 Å². The molecule has 2 aromatic heterocycles. The summed E-state index contributed by atoms with van der Waals surface area (Å²) in [5.41, 5.74) is 7.19. The highest BCUT2D eigenvalue weighted by atomic mass is 16.2. The van der Waals surface area contributed by atoms with Gasteiger partial charge in [0.25, 0.3) is 5.56 Å². The van der Waals surface area contributed by atoms with Crippen LogP contribution in [-0.2, 0) is 26.1 Å². The minimum Gasteiger partial charge on any atom is -0.331 e. The van der Waals surface area contributed by atoms with Crippen molar-refractivity contribution in [3.05, 3.63) is 58.0 Å². The number of rotatable bonds is 5. The third kappa shape index (κ3) is 3.76. The van der Waals surface area contributed by atoms with Gasteiger partial charge >= 0.3 is 6.03 Å². The van der Waals surface area contributed by atoms with Gasteiger partial charge in [0.2, 0.25) is 0 Å². The minimum absolute atomic E-state index is 0.0757. The van der Waals surface area contributed by atoms with Crippen LogP contribution >= 0.6 is 0 Å². The lowest BCUT2D eigenvalue weighted by atomic mass is 10.2. The lowest BCUT2D eigenvalue weighted by Crippen LogP contribution is -2.30. The van der Waals surface area contributed by atoms with Crippen LogP contribution in [0.5, 0.6) is 0 Å². The first-order valence-corrected chi connectivity index (χ1v) is 8.99. The first-order chi connectivity index (χ1) is 13.6. The van der Waals surface area contributed by atoms with Crippen molar-refractivity contribution in [1.29, 1.82) is 0 Å². The molecule has 0 bridgehead atoms. The predicted octanol–water partition coefficient (Wildman–Crippen LogP) is 0.755. The van der Waals surface area contributed by atoms with Crippen molar-refractivity contribution >= 4 is 11.7 Å². The zero-order valence-corrected chi connectivity index (χ0v) is 15.1. The van der Waals surface area contributed by atoms with Gasteiger partial charge in [0.05, 0.1) is 12.2 Å². The monoisotopic (exact) mass is 380 g/mol. The van der Waals surface area contributed by atoms with E-state index in [1.165, 1.54) is 6.07 Å². The summed E-state index contributed by atoms with van der Waals surface area (Å²) in [6.45, 7) is 1.14. The second kappa shape index (κ2) is 7.61. The highest BCUT2D eigenvalue weighted by Gasteiger charge is 2.18. The lowest BCUT2D eigenvalue weighted by molar-refractivity contribution is 0.251. The third-order valence-electron chi connectivity index (χ3n) is 4.46. The Morgan fingerprint density at radius 1 is 1.29 bits per heavy atom. The molecule has 10 heteroatoms. The number of amides is 2. The van der Waals surface area contributed by atoms with Crippen molar-refractivity contribution in [3.63, 3.8) is 0 Å². The number of aryl methyl sites for hydroxylation is 1. The lowest BCUT2D eigenvalue weighted by Gasteiger charge is -2.09. The summed E-state index contributed by atoms with van der Waals surface area (Å²) >= 11 is 0. The van der Waals surface area contributed by atoms with E-state index < -0.39 is 6.03 Å². The number of urea groups is 1. The SMILES string of the molecule is NCc1cc(=O)[nH]c(CNC(=O)Nc2cccc(-c3nnc4n3CCC4)c2)n1. The molecule has 1 aliphatic heterocycles. The van der Waals surface area contributed by atoms with E-state index in [1.54, 1.807) is 6.07 Å². The molecule has 1 aromatic carbocycles. The zero-order valence-electron chi connectivity index (χ0n) is 15.1. The number of carbonyl (C=O) groups excluding carboxylic acids is 1. The molecule has 0 spiro atoms. The molecule has 3 heterocycles. The molecule has 0 saturated carbocycles. The molecule has 0 saturated heterocycles. The second-order valence-corrected chi connectivity index (χ2v) is 6.47. The number of hydrogen-bond acceptors (Lipinski definition) is 6. The van der Waals surface area contributed by atoms with E-state index in [4.69, 9.17) is 5.73 Å². The highest BCUT2D eigenvalue weighted by Crippen LogP contribution is 2.25. The van der Waals surface area contributed by atoms with Crippen LogP contribution in [0.4, 0.5) is 10.5 Å². The zero-order chi connectivity index (χ0) is 19.5. The van der Waals surface area contributed by atoms with E-state index in [0.717, 1.165) is 36.6 Å². The predicted molar refractivity (Wildman–Crippen MR) is 102 cm³/mol. The van der Waals surface area contributed by atoms with E-state index in [-0.39, 0.29) is 18.6 Å². The standard InChI is InChI=1S/C18H20N8O2/c19-9-13-8-16(27)23-14(21-13)10-20-18(28)22-12-4-1-3-11(7-12)17-25-24-15-5-2-6-26(15)17/h1,3-4,7-8H,2,5-6,9-10,19H2,(H2,20,22,28)(H,21,23,27). The maximum absolute atomic E-state index is 12.2. The number of nitrogens with zero attached hydrogens (tertiary/aromatic N) is 4. The van der Waals surface area contributed by atoms with E-state index in [2.05, 4.69) is 35.4 Å². The van der Waals surface area contributed by atoms with Gasteiger partial charge < -0.3 is 25.9 Å². The minimum atomic E-state index is -0.413. The summed E-state index contributed by atoms with van der Waals surface area (Å²) in [5.74, 6) is 2.14. The number of fused-ring (bicyclic) bond motifs is 1. The molecule has 0 fully saturated rings. The van der Waals surface area contributed by atoms with E-state index >= 15 is 0 Å². The van der Waals surface area contributed by atoms with Gasteiger partial charge in [-0.05, 0) is 18.6 Å². The van der Waals surface area contributed by atoms with Crippen LogP contribution in [0.1, 0.15) is 23.8 Å². The average molecular weight is 380 g/mol. The highest BCUT2D eigenvalue weighted by molar-refractivity contribution is 5.89. The van der Waals surface area contributed by atoms with Crippen LogP contribution in [0.2, 0.25) is 0 Å². The smallest absolute Gasteiger partial charge is 0.319 e. The molecule has 3 aromatic rings. The molecule has 4 rings (SSSR count). The topological polar surface area (TPSA) is 144 Å². The molecule has 2 amide bonds. The van der Waals surface area contributed by atoms with Gasteiger partial charge in [0.1, 0.15) is 11.6 Å². The molecule has 0 radical (unpaired) electrons. The van der Waals surface area contributed by atoms with Crippen molar-refractivity contribution in [1.82, 2.24) is 30.0 Å². The van der Waals surface area contributed by atoms with Crippen molar-refractivity contribution in [2.24, 2.45) is 5.73 Å². The van der Waals surface area contributed by atoms with E-state index in [9.17, 15) is 9.59 Å². The summed E-state index contributed by atoms with van der Waals surface area (Å²) in [4.78, 5) is 30.5. The van der Waals surface area contributed by atoms with E-state index in [0.29, 0.717) is 17.2 Å². The summed E-state index contributed by atoms with van der Waals surface area (Å²) in [6, 6.07) is 8.35. The molecular formula is C18H20N8O2. The average Bonchev–Trinajstić information content (AvgIpc) is 3.30. The Hall–Kier alpha value is -3.53. The first-order valence-electron chi connectivity index (χ1n) is 8.99. The van der Waals surface area contributed by atoms with Gasteiger partial charge in [0, 0.05) is 36.8 Å². The molecule has 5 N–H and O–H groups in total. The van der Waals surface area contributed by atoms with Gasteiger partial charge in [-0.25, -0.2) is 9.78 Å². The number of hydrogen-bond donors (Lipinski definition) is 4. The van der Waals surface area contributed by atoms with Crippen LogP contribution < -0.4 is 21.9 Å². The third-order valence-corrected chi connectivity index (χ3v) is 4.46. The largest absolute Gasteiger partial charge is 0.331 e. The van der Waals surface area contributed by atoms with Crippen LogP contribution in [0.3, 0.4) is 0 Å². The molecule has 144 valence electrons. The maximum Gasteiger partial charge on any atom is 0.319 e. The molecule has 0 aliphatic carbocycles. The Balaban J connectivity index is 1.42. The number of benzene rings is 1. The van der Waals surface area contributed by atoms with E-state index in [1.807, 2.05) is 18.2 Å². The fourth-order valence-electron chi connectivity index (χ4n) is 3.19. The van der Waals surface area contributed by atoms with Gasteiger partial charge in [-0.2, -0.15) is 0 Å². The summed E-state index contributed by atoms with van der Waals surface area (Å²) in [6.07, 6.45) is 2.01. The number of nitrogens with one attached hydrogen (secondary N) is 3. The molecular weight excluding hydrogens is 360 g/mol. The number of H-pyrrole nitrogens is 1. The Bertz CT molecular complexity index is 1070. The number of anilines is 1. The van der Waals surface area contributed by atoms with Gasteiger partial charge in [-0.15, -0.1) is 10.2 Å².